The summed E-state index contributed by atoms with van der Waals surface area (Å²) < 4.78 is 5.48. The van der Waals surface area contributed by atoms with Gasteiger partial charge >= 0.3 is 0 Å². The van der Waals surface area contributed by atoms with E-state index < -0.39 is 5.41 Å². The van der Waals surface area contributed by atoms with E-state index in [4.69, 9.17) is 4.74 Å². The summed E-state index contributed by atoms with van der Waals surface area (Å²) in [5, 5.41) is 0. The molecular formula is C23H28N2O3S. The van der Waals surface area contributed by atoms with Crippen LogP contribution in [0.5, 0.6) is 0 Å². The third-order valence-electron chi connectivity index (χ3n) is 5.72. The Hall–Kier alpha value is -2.05. The molecule has 2 aromatic heterocycles. The summed E-state index contributed by atoms with van der Waals surface area (Å²) in [7, 11) is 0. The lowest BCUT2D eigenvalue weighted by atomic mass is 9.71. The van der Waals surface area contributed by atoms with Crippen molar-refractivity contribution in [3.8, 4) is 0 Å². The highest BCUT2D eigenvalue weighted by Gasteiger charge is 2.38. The van der Waals surface area contributed by atoms with Crippen LogP contribution < -0.4 is 0 Å². The summed E-state index contributed by atoms with van der Waals surface area (Å²) in [6, 6.07) is 9.23. The van der Waals surface area contributed by atoms with Gasteiger partial charge in [-0.1, -0.05) is 6.07 Å². The minimum atomic E-state index is -0.705. The second-order valence-electron chi connectivity index (χ2n) is 7.74. The van der Waals surface area contributed by atoms with Gasteiger partial charge < -0.3 is 4.74 Å². The predicted molar refractivity (Wildman–Crippen MR) is 114 cm³/mol. The van der Waals surface area contributed by atoms with Gasteiger partial charge in [0.2, 0.25) is 0 Å². The van der Waals surface area contributed by atoms with Crippen LogP contribution in [0.25, 0.3) is 0 Å². The van der Waals surface area contributed by atoms with E-state index in [9.17, 15) is 9.59 Å². The Morgan fingerprint density at radius 2 is 1.93 bits per heavy atom. The molecule has 1 fully saturated rings. The van der Waals surface area contributed by atoms with Crippen LogP contribution >= 0.6 is 11.8 Å². The highest BCUT2D eigenvalue weighted by atomic mass is 32.2. The summed E-state index contributed by atoms with van der Waals surface area (Å²) in [5.74, 6) is 0.391. The Bertz CT molecular complexity index is 820. The molecule has 29 heavy (non-hydrogen) atoms. The van der Waals surface area contributed by atoms with Crippen molar-refractivity contribution in [2.45, 2.75) is 49.3 Å². The number of Topliss-reactive ketones (excluding diaryl/α,β-unsaturated/α-hetero) is 2. The second kappa shape index (κ2) is 10.1. The van der Waals surface area contributed by atoms with Crippen molar-refractivity contribution in [1.82, 2.24) is 9.97 Å². The lowest BCUT2D eigenvalue weighted by molar-refractivity contribution is -0.125. The van der Waals surface area contributed by atoms with E-state index >= 15 is 0 Å². The standard InChI is InChI=1S/C23H28N2O3S/c1-23(15-17-10-13-28-14-11-17,21-8-6-18(29-2)16-25-21)22(27)9-7-20(26)19-5-3-4-12-24-19/h3-6,8,12,16-17H,7,9-11,13-15H2,1-2H3. The van der Waals surface area contributed by atoms with Gasteiger partial charge in [-0.2, -0.15) is 0 Å². The van der Waals surface area contributed by atoms with Gasteiger partial charge in [-0.3, -0.25) is 19.6 Å². The van der Waals surface area contributed by atoms with Crippen LogP contribution in [-0.2, 0) is 14.9 Å². The molecule has 5 nitrogen and oxygen atoms in total. The molecule has 0 bridgehead atoms. The maximum atomic E-state index is 13.4. The van der Waals surface area contributed by atoms with Crippen molar-refractivity contribution >= 4 is 23.3 Å². The van der Waals surface area contributed by atoms with Gasteiger partial charge in [-0.25, -0.2) is 0 Å². The normalized spacial score (nSPS) is 16.9. The number of carbonyl (C=O) groups is 2. The molecule has 154 valence electrons. The number of rotatable bonds is 9. The fourth-order valence-electron chi connectivity index (χ4n) is 3.88. The lowest BCUT2D eigenvalue weighted by Crippen LogP contribution is -2.37. The quantitative estimate of drug-likeness (QED) is 0.446. The molecule has 1 aliphatic rings. The van der Waals surface area contributed by atoms with Crippen LogP contribution in [0.15, 0.2) is 47.6 Å². The topological polar surface area (TPSA) is 69.2 Å². The number of ketones is 2. The third-order valence-corrected chi connectivity index (χ3v) is 6.43. The van der Waals surface area contributed by atoms with Crippen LogP contribution in [0.4, 0.5) is 0 Å². The Kier molecular flexibility index (Phi) is 7.56. The number of thioether (sulfide) groups is 1. The minimum absolute atomic E-state index is 0.0673. The van der Waals surface area contributed by atoms with E-state index in [0.717, 1.165) is 43.1 Å². The van der Waals surface area contributed by atoms with E-state index in [-0.39, 0.29) is 24.4 Å². The minimum Gasteiger partial charge on any atom is -0.381 e. The summed E-state index contributed by atoms with van der Waals surface area (Å²) >= 11 is 1.63. The zero-order valence-electron chi connectivity index (χ0n) is 17.1. The summed E-state index contributed by atoms with van der Waals surface area (Å²) in [6.45, 7) is 3.47. The van der Waals surface area contributed by atoms with Gasteiger partial charge in [0.15, 0.2) is 5.78 Å². The Labute approximate surface area is 176 Å². The molecule has 2 aromatic rings. The molecule has 0 saturated carbocycles. The first-order valence-corrected chi connectivity index (χ1v) is 11.3. The molecule has 1 atom stereocenters. The number of nitrogens with zero attached hydrogens (tertiary/aromatic N) is 2. The predicted octanol–water partition coefficient (Wildman–Crippen LogP) is 4.51. The first-order valence-electron chi connectivity index (χ1n) is 10.1. The van der Waals surface area contributed by atoms with E-state index in [1.54, 1.807) is 36.2 Å². The fraction of sp³-hybridized carbons (Fsp3) is 0.478. The zero-order chi connectivity index (χ0) is 20.7. The van der Waals surface area contributed by atoms with Crippen LogP contribution in [0.2, 0.25) is 0 Å². The van der Waals surface area contributed by atoms with Gasteiger partial charge in [0, 0.05) is 43.3 Å². The van der Waals surface area contributed by atoms with Crippen molar-refractivity contribution in [3.63, 3.8) is 0 Å². The first-order chi connectivity index (χ1) is 14.0. The molecule has 1 aliphatic heterocycles. The van der Waals surface area contributed by atoms with Gasteiger partial charge in [0.25, 0.3) is 0 Å². The number of ether oxygens (including phenoxy) is 1. The van der Waals surface area contributed by atoms with Crippen molar-refractivity contribution < 1.29 is 14.3 Å². The maximum Gasteiger partial charge on any atom is 0.181 e. The molecular weight excluding hydrogens is 384 g/mol. The Morgan fingerprint density at radius 1 is 1.14 bits per heavy atom. The van der Waals surface area contributed by atoms with Crippen molar-refractivity contribution in [3.05, 3.63) is 54.1 Å². The largest absolute Gasteiger partial charge is 0.381 e. The molecule has 0 amide bonds. The van der Waals surface area contributed by atoms with E-state index in [0.29, 0.717) is 11.6 Å². The first kappa shape index (κ1) is 21.7. The number of pyridine rings is 2. The number of hydrogen-bond donors (Lipinski definition) is 0. The maximum absolute atomic E-state index is 13.4. The molecule has 3 rings (SSSR count). The van der Waals surface area contributed by atoms with Crippen LogP contribution in [-0.4, -0.2) is 41.0 Å². The number of aromatic nitrogens is 2. The van der Waals surface area contributed by atoms with E-state index in [1.165, 1.54) is 0 Å². The van der Waals surface area contributed by atoms with Gasteiger partial charge in [-0.15, -0.1) is 11.8 Å². The smallest absolute Gasteiger partial charge is 0.181 e. The van der Waals surface area contributed by atoms with Crippen molar-refractivity contribution in [2.75, 3.05) is 19.5 Å². The highest BCUT2D eigenvalue weighted by Crippen LogP contribution is 2.36. The van der Waals surface area contributed by atoms with Crippen LogP contribution in [0.3, 0.4) is 0 Å². The summed E-state index contributed by atoms with van der Waals surface area (Å²) in [6.07, 6.45) is 8.45. The monoisotopic (exact) mass is 412 g/mol. The van der Waals surface area contributed by atoms with Crippen molar-refractivity contribution in [2.24, 2.45) is 5.92 Å². The average Bonchev–Trinajstić information content (AvgIpc) is 2.78. The van der Waals surface area contributed by atoms with Gasteiger partial charge in [0.1, 0.15) is 11.5 Å². The molecule has 0 aliphatic carbocycles. The lowest BCUT2D eigenvalue weighted by Gasteiger charge is -2.33. The van der Waals surface area contributed by atoms with Gasteiger partial charge in [0.05, 0.1) is 11.1 Å². The molecule has 6 heteroatoms. The van der Waals surface area contributed by atoms with Gasteiger partial charge in [-0.05, 0) is 62.6 Å². The molecule has 0 radical (unpaired) electrons. The summed E-state index contributed by atoms with van der Waals surface area (Å²) in [4.78, 5) is 35.6. The molecule has 1 saturated heterocycles. The molecule has 0 N–H and O–H groups in total. The van der Waals surface area contributed by atoms with Crippen LogP contribution in [0, 0.1) is 5.92 Å². The molecule has 0 aromatic carbocycles. The Balaban J connectivity index is 1.77. The van der Waals surface area contributed by atoms with E-state index in [1.807, 2.05) is 31.5 Å². The molecule has 0 spiro atoms. The molecule has 1 unspecified atom stereocenters. The number of carbonyl (C=O) groups excluding carboxylic acids is 2. The summed E-state index contributed by atoms with van der Waals surface area (Å²) in [5.41, 5.74) is 0.495. The highest BCUT2D eigenvalue weighted by molar-refractivity contribution is 7.98. The Morgan fingerprint density at radius 3 is 2.55 bits per heavy atom. The van der Waals surface area contributed by atoms with Crippen molar-refractivity contribution in [1.29, 1.82) is 0 Å². The fourth-order valence-corrected chi connectivity index (χ4v) is 4.24. The second-order valence-corrected chi connectivity index (χ2v) is 8.62. The zero-order valence-corrected chi connectivity index (χ0v) is 17.9. The SMILES string of the molecule is CSc1ccc(C(C)(CC2CCOCC2)C(=O)CCC(=O)c2ccccn2)nc1. The third kappa shape index (κ3) is 5.52. The van der Waals surface area contributed by atoms with E-state index in [2.05, 4.69) is 9.97 Å². The number of hydrogen-bond acceptors (Lipinski definition) is 6. The molecule has 3 heterocycles. The van der Waals surface area contributed by atoms with Crippen LogP contribution in [0.1, 0.15) is 55.2 Å². The average molecular weight is 413 g/mol.